The van der Waals surface area contributed by atoms with E-state index in [0.29, 0.717) is 12.8 Å². The third-order valence-electron chi connectivity index (χ3n) is 4.20. The molecule has 0 aromatic carbocycles. The first-order valence-electron chi connectivity index (χ1n) is 7.34. The summed E-state index contributed by atoms with van der Waals surface area (Å²) in [6.07, 6.45) is -2.86. The van der Waals surface area contributed by atoms with Crippen molar-refractivity contribution < 1.29 is 33.9 Å². The number of hydrogen-bond acceptors (Lipinski definition) is 7. The molecular formula is C14H26O7. The molecule has 0 spiro atoms. The minimum Gasteiger partial charge on any atom is -0.388 e. The molecule has 2 fully saturated rings. The molecule has 0 bridgehead atoms. The van der Waals surface area contributed by atoms with Crippen LogP contribution in [-0.2, 0) is 23.7 Å². The fraction of sp³-hybridized carbons (Fsp3) is 1.00. The Morgan fingerprint density at radius 1 is 0.905 bits per heavy atom. The van der Waals surface area contributed by atoms with Crippen molar-refractivity contribution in [3.05, 3.63) is 0 Å². The maximum absolute atomic E-state index is 9.96. The van der Waals surface area contributed by atoms with E-state index >= 15 is 0 Å². The number of methoxy groups -OCH3 is 2. The topological polar surface area (TPSA) is 86.6 Å². The zero-order valence-electron chi connectivity index (χ0n) is 13.0. The smallest absolute Gasteiger partial charge is 0.161 e. The summed E-state index contributed by atoms with van der Waals surface area (Å²) in [5.74, 6) is 0. The molecule has 2 rings (SSSR count). The molecule has 7 heteroatoms. The number of hydrogen-bond donors (Lipinski definition) is 2. The van der Waals surface area contributed by atoms with Gasteiger partial charge in [0.1, 0.15) is 12.2 Å². The summed E-state index contributed by atoms with van der Waals surface area (Å²) < 4.78 is 27.7. The normalized spacial score (nSPS) is 48.3. The fourth-order valence-corrected chi connectivity index (χ4v) is 2.95. The van der Waals surface area contributed by atoms with Crippen molar-refractivity contribution in [1.29, 1.82) is 0 Å². The van der Waals surface area contributed by atoms with Crippen LogP contribution in [0.3, 0.4) is 0 Å². The third kappa shape index (κ3) is 3.92. The van der Waals surface area contributed by atoms with Crippen molar-refractivity contribution in [3.63, 3.8) is 0 Å². The van der Waals surface area contributed by atoms with Gasteiger partial charge in [-0.3, -0.25) is 0 Å². The van der Waals surface area contributed by atoms with Crippen LogP contribution in [0.15, 0.2) is 0 Å². The van der Waals surface area contributed by atoms with Crippen molar-refractivity contribution in [2.24, 2.45) is 0 Å². The van der Waals surface area contributed by atoms with Crippen molar-refractivity contribution >= 4 is 0 Å². The number of aliphatic hydroxyl groups is 2. The highest BCUT2D eigenvalue weighted by Gasteiger charge is 2.42. The first kappa shape index (κ1) is 17.1. The highest BCUT2D eigenvalue weighted by molar-refractivity contribution is 4.86. The van der Waals surface area contributed by atoms with Gasteiger partial charge in [-0.15, -0.1) is 0 Å². The third-order valence-corrected chi connectivity index (χ3v) is 4.20. The quantitative estimate of drug-likeness (QED) is 0.757. The van der Waals surface area contributed by atoms with Gasteiger partial charge in [-0.1, -0.05) is 0 Å². The molecule has 0 aromatic rings. The highest BCUT2D eigenvalue weighted by atomic mass is 16.7. The molecule has 2 aliphatic rings. The Labute approximate surface area is 125 Å². The van der Waals surface area contributed by atoms with Crippen LogP contribution in [0, 0.1) is 0 Å². The lowest BCUT2D eigenvalue weighted by molar-refractivity contribution is -0.310. The monoisotopic (exact) mass is 306 g/mol. The van der Waals surface area contributed by atoms with Crippen molar-refractivity contribution in [2.75, 3.05) is 14.2 Å². The average molecular weight is 306 g/mol. The Morgan fingerprint density at radius 3 is 2.19 bits per heavy atom. The number of ether oxygens (including phenoxy) is 5. The van der Waals surface area contributed by atoms with Crippen LogP contribution >= 0.6 is 0 Å². The Hall–Kier alpha value is -0.280. The van der Waals surface area contributed by atoms with E-state index in [9.17, 15) is 10.2 Å². The van der Waals surface area contributed by atoms with E-state index in [4.69, 9.17) is 23.7 Å². The summed E-state index contributed by atoms with van der Waals surface area (Å²) in [6, 6.07) is 0. The van der Waals surface area contributed by atoms with Gasteiger partial charge in [0.25, 0.3) is 0 Å². The molecule has 1 unspecified atom stereocenters. The molecule has 124 valence electrons. The van der Waals surface area contributed by atoms with Crippen LogP contribution in [0.5, 0.6) is 0 Å². The van der Waals surface area contributed by atoms with Crippen LogP contribution in [0.2, 0.25) is 0 Å². The summed E-state index contributed by atoms with van der Waals surface area (Å²) >= 11 is 0. The lowest BCUT2D eigenvalue weighted by Crippen LogP contribution is -2.54. The van der Waals surface area contributed by atoms with Gasteiger partial charge in [0.15, 0.2) is 12.6 Å². The van der Waals surface area contributed by atoms with E-state index in [1.807, 2.05) is 6.92 Å². The van der Waals surface area contributed by atoms with Crippen molar-refractivity contribution in [1.82, 2.24) is 0 Å². The van der Waals surface area contributed by atoms with E-state index in [2.05, 4.69) is 0 Å². The second-order valence-corrected chi connectivity index (χ2v) is 5.68. The second-order valence-electron chi connectivity index (χ2n) is 5.68. The van der Waals surface area contributed by atoms with E-state index in [1.54, 1.807) is 21.1 Å². The average Bonchev–Trinajstić information content (AvgIpc) is 2.45. The lowest BCUT2D eigenvalue weighted by Gasteiger charge is -2.42. The molecule has 0 aliphatic carbocycles. The van der Waals surface area contributed by atoms with Gasteiger partial charge in [-0.05, 0) is 13.8 Å². The van der Waals surface area contributed by atoms with Gasteiger partial charge in [-0.2, -0.15) is 0 Å². The van der Waals surface area contributed by atoms with Gasteiger partial charge in [0.2, 0.25) is 0 Å². The minimum atomic E-state index is -0.843. The lowest BCUT2D eigenvalue weighted by atomic mass is 10.0. The van der Waals surface area contributed by atoms with E-state index < -0.39 is 18.7 Å². The predicted octanol–water partition coefficient (Wildman–Crippen LogP) is 0.0246. The Morgan fingerprint density at radius 2 is 1.57 bits per heavy atom. The summed E-state index contributed by atoms with van der Waals surface area (Å²) in [6.45, 7) is 3.61. The molecule has 2 saturated heterocycles. The molecule has 7 nitrogen and oxygen atoms in total. The summed E-state index contributed by atoms with van der Waals surface area (Å²) in [5.41, 5.74) is 0. The van der Waals surface area contributed by atoms with Crippen LogP contribution < -0.4 is 0 Å². The number of aliphatic hydroxyl groups excluding tert-OH is 2. The molecule has 0 saturated carbocycles. The van der Waals surface area contributed by atoms with Crippen LogP contribution in [0.4, 0.5) is 0 Å². The predicted molar refractivity (Wildman–Crippen MR) is 72.6 cm³/mol. The zero-order valence-corrected chi connectivity index (χ0v) is 13.0. The van der Waals surface area contributed by atoms with Gasteiger partial charge < -0.3 is 33.9 Å². The molecule has 8 atom stereocenters. The minimum absolute atomic E-state index is 0.268. The van der Waals surface area contributed by atoms with Gasteiger partial charge in [0, 0.05) is 27.1 Å². The molecule has 2 heterocycles. The first-order chi connectivity index (χ1) is 9.96. The van der Waals surface area contributed by atoms with Crippen molar-refractivity contribution in [3.8, 4) is 0 Å². The largest absolute Gasteiger partial charge is 0.388 e. The van der Waals surface area contributed by atoms with Crippen LogP contribution in [0.1, 0.15) is 26.7 Å². The van der Waals surface area contributed by atoms with E-state index in [-0.39, 0.29) is 30.5 Å². The first-order valence-corrected chi connectivity index (χ1v) is 7.34. The summed E-state index contributed by atoms with van der Waals surface area (Å²) in [4.78, 5) is 0. The van der Waals surface area contributed by atoms with Crippen LogP contribution in [0.25, 0.3) is 0 Å². The molecule has 2 aliphatic heterocycles. The zero-order chi connectivity index (χ0) is 15.6. The van der Waals surface area contributed by atoms with Crippen LogP contribution in [-0.4, -0.2) is 73.6 Å². The Balaban J connectivity index is 1.99. The Bertz CT molecular complexity index is 326. The second kappa shape index (κ2) is 7.32. The van der Waals surface area contributed by atoms with E-state index in [1.165, 1.54) is 0 Å². The molecular weight excluding hydrogens is 280 g/mol. The molecule has 21 heavy (non-hydrogen) atoms. The van der Waals surface area contributed by atoms with Gasteiger partial charge in [0.05, 0.1) is 24.4 Å². The SMILES string of the molecule is COC1C[C@H](O)O[C@@H](C)[C@@H]1O[C@H]1C[C@H](OC)[C@@H](O)[C@H](C)O1. The van der Waals surface area contributed by atoms with E-state index in [0.717, 1.165) is 0 Å². The maximum Gasteiger partial charge on any atom is 0.161 e. The highest BCUT2D eigenvalue weighted by Crippen LogP contribution is 2.29. The Kier molecular flexibility index (Phi) is 5.96. The molecule has 2 N–H and O–H groups in total. The fourth-order valence-electron chi connectivity index (χ4n) is 2.95. The summed E-state index contributed by atoms with van der Waals surface area (Å²) in [5, 5.41) is 19.6. The molecule has 0 radical (unpaired) electrons. The maximum atomic E-state index is 9.96. The van der Waals surface area contributed by atoms with Crippen molar-refractivity contribution in [2.45, 2.75) is 75.9 Å². The molecule has 0 amide bonds. The standard InChI is InChI=1S/C14H26O7/c1-7-13(16)9(17-3)6-12(20-7)21-14-8(2)19-11(15)5-10(14)18-4/h7-16H,5-6H2,1-4H3/t7-,8-,9-,10?,11+,12-,13-,14-/m0/s1. The summed E-state index contributed by atoms with van der Waals surface area (Å²) in [7, 11) is 3.14. The van der Waals surface area contributed by atoms with Gasteiger partial charge >= 0.3 is 0 Å². The van der Waals surface area contributed by atoms with Gasteiger partial charge in [-0.25, -0.2) is 0 Å². The molecule has 0 aromatic heterocycles. The number of rotatable bonds is 4.